The predicted octanol–water partition coefficient (Wildman–Crippen LogP) is 1.97. The number of benzene rings is 2. The molecule has 0 atom stereocenters. The van der Waals surface area contributed by atoms with Crippen LogP contribution in [0.3, 0.4) is 0 Å². The quantitative estimate of drug-likeness (QED) is 0.409. The summed E-state index contributed by atoms with van der Waals surface area (Å²) >= 11 is 0. The maximum absolute atomic E-state index is 12.6. The Morgan fingerprint density at radius 1 is 1.14 bits per heavy atom. The standard InChI is InChI=1S/C18H18N2O7S/c21-18(27-13-14-2-1-3-16(12-14)20(22)23)15-4-6-17(7-5-15)28(24,25)19-8-10-26-11-9-19/h1-7,12H,8-11,13H2. The molecule has 0 spiro atoms. The highest BCUT2D eigenvalue weighted by atomic mass is 32.2. The molecule has 0 aromatic heterocycles. The number of nitrogens with zero attached hydrogens (tertiary/aromatic N) is 2. The van der Waals surface area contributed by atoms with Gasteiger partial charge in [-0.15, -0.1) is 0 Å². The summed E-state index contributed by atoms with van der Waals surface area (Å²) in [7, 11) is -3.64. The van der Waals surface area contributed by atoms with E-state index in [-0.39, 0.29) is 35.8 Å². The van der Waals surface area contributed by atoms with Crippen LogP contribution in [-0.2, 0) is 26.1 Å². The number of carbonyl (C=O) groups excluding carboxylic acids is 1. The van der Waals surface area contributed by atoms with Gasteiger partial charge in [0.25, 0.3) is 5.69 Å². The average Bonchev–Trinajstić information content (AvgIpc) is 2.73. The van der Waals surface area contributed by atoms with E-state index in [9.17, 15) is 23.3 Å². The molecule has 28 heavy (non-hydrogen) atoms. The molecule has 1 aliphatic rings. The summed E-state index contributed by atoms with van der Waals surface area (Å²) in [6, 6.07) is 11.3. The van der Waals surface area contributed by atoms with Crippen LogP contribution in [0.25, 0.3) is 0 Å². The van der Waals surface area contributed by atoms with Gasteiger partial charge in [-0.25, -0.2) is 13.2 Å². The van der Waals surface area contributed by atoms with Gasteiger partial charge in [0.05, 0.1) is 28.6 Å². The van der Waals surface area contributed by atoms with Crippen molar-refractivity contribution in [1.29, 1.82) is 0 Å². The van der Waals surface area contributed by atoms with Crippen LogP contribution in [0.1, 0.15) is 15.9 Å². The van der Waals surface area contributed by atoms with Crippen LogP contribution in [0.5, 0.6) is 0 Å². The zero-order chi connectivity index (χ0) is 20.1. The number of nitro groups is 1. The molecule has 2 aromatic rings. The molecule has 9 nitrogen and oxygen atoms in total. The van der Waals surface area contributed by atoms with Crippen LogP contribution in [0, 0.1) is 10.1 Å². The first kappa shape index (κ1) is 19.9. The SMILES string of the molecule is O=C(OCc1cccc([N+](=O)[O-])c1)c1ccc(S(=O)(=O)N2CCOCC2)cc1. The minimum absolute atomic E-state index is 0.0876. The molecular weight excluding hydrogens is 388 g/mol. The smallest absolute Gasteiger partial charge is 0.338 e. The molecule has 0 saturated carbocycles. The molecule has 1 heterocycles. The number of non-ortho nitro benzene ring substituents is 1. The van der Waals surface area contributed by atoms with E-state index in [4.69, 9.17) is 9.47 Å². The van der Waals surface area contributed by atoms with Gasteiger partial charge in [0, 0.05) is 25.2 Å². The lowest BCUT2D eigenvalue weighted by molar-refractivity contribution is -0.384. The van der Waals surface area contributed by atoms with E-state index in [1.165, 1.54) is 46.8 Å². The number of morpholine rings is 1. The van der Waals surface area contributed by atoms with Crippen molar-refractivity contribution >= 4 is 21.7 Å². The summed E-state index contributed by atoms with van der Waals surface area (Å²) in [5, 5.41) is 10.8. The molecule has 1 aliphatic heterocycles. The molecule has 1 fully saturated rings. The summed E-state index contributed by atoms with van der Waals surface area (Å²) in [4.78, 5) is 22.5. The lowest BCUT2D eigenvalue weighted by Crippen LogP contribution is -2.40. The monoisotopic (exact) mass is 406 g/mol. The number of hydrogen-bond acceptors (Lipinski definition) is 7. The van der Waals surface area contributed by atoms with Crippen LogP contribution in [0.2, 0.25) is 0 Å². The van der Waals surface area contributed by atoms with Gasteiger partial charge in [-0.05, 0) is 29.8 Å². The van der Waals surface area contributed by atoms with Gasteiger partial charge < -0.3 is 9.47 Å². The summed E-state index contributed by atoms with van der Waals surface area (Å²) in [6.45, 7) is 1.14. The topological polar surface area (TPSA) is 116 Å². The van der Waals surface area contributed by atoms with Gasteiger partial charge in [-0.3, -0.25) is 10.1 Å². The molecule has 0 aliphatic carbocycles. The van der Waals surface area contributed by atoms with Crippen molar-refractivity contribution in [2.24, 2.45) is 0 Å². The predicted molar refractivity (Wildman–Crippen MR) is 98.2 cm³/mol. The Morgan fingerprint density at radius 2 is 1.82 bits per heavy atom. The van der Waals surface area contributed by atoms with Crippen molar-refractivity contribution in [2.45, 2.75) is 11.5 Å². The summed E-state index contributed by atoms with van der Waals surface area (Å²) in [5.74, 6) is -0.651. The maximum atomic E-state index is 12.6. The lowest BCUT2D eigenvalue weighted by atomic mass is 10.2. The van der Waals surface area contributed by atoms with Crippen molar-refractivity contribution in [3.05, 3.63) is 69.8 Å². The number of esters is 1. The lowest BCUT2D eigenvalue weighted by Gasteiger charge is -2.26. The first-order chi connectivity index (χ1) is 13.4. The van der Waals surface area contributed by atoms with Crippen LogP contribution < -0.4 is 0 Å². The van der Waals surface area contributed by atoms with E-state index in [1.807, 2.05) is 0 Å². The van der Waals surface area contributed by atoms with Gasteiger partial charge in [0.15, 0.2) is 0 Å². The largest absolute Gasteiger partial charge is 0.457 e. The van der Waals surface area contributed by atoms with Gasteiger partial charge in [-0.2, -0.15) is 4.31 Å². The van der Waals surface area contributed by atoms with Gasteiger partial charge in [-0.1, -0.05) is 12.1 Å². The Kier molecular flexibility index (Phi) is 6.02. The van der Waals surface area contributed by atoms with Crippen molar-refractivity contribution in [3.63, 3.8) is 0 Å². The van der Waals surface area contributed by atoms with Gasteiger partial charge in [0.2, 0.25) is 10.0 Å². The number of hydrogen-bond donors (Lipinski definition) is 0. The molecule has 148 valence electrons. The molecule has 10 heteroatoms. The summed E-state index contributed by atoms with van der Waals surface area (Å²) in [5.41, 5.74) is 0.576. The highest BCUT2D eigenvalue weighted by Gasteiger charge is 2.26. The number of ether oxygens (including phenoxy) is 2. The van der Waals surface area contributed by atoms with Crippen LogP contribution in [0.15, 0.2) is 53.4 Å². The van der Waals surface area contributed by atoms with E-state index in [1.54, 1.807) is 6.07 Å². The van der Waals surface area contributed by atoms with E-state index >= 15 is 0 Å². The molecule has 0 N–H and O–H groups in total. The van der Waals surface area contributed by atoms with Crippen LogP contribution in [-0.4, -0.2) is 49.9 Å². The van der Waals surface area contributed by atoms with Gasteiger partial charge in [0.1, 0.15) is 6.61 Å². The number of rotatable bonds is 6. The first-order valence-electron chi connectivity index (χ1n) is 8.46. The molecule has 3 rings (SSSR count). The third-order valence-electron chi connectivity index (χ3n) is 4.19. The van der Waals surface area contributed by atoms with E-state index in [0.29, 0.717) is 18.8 Å². The first-order valence-corrected chi connectivity index (χ1v) is 9.90. The minimum atomic E-state index is -3.64. The average molecular weight is 406 g/mol. The Morgan fingerprint density at radius 3 is 2.46 bits per heavy atom. The normalized spacial score (nSPS) is 15.1. The zero-order valence-corrected chi connectivity index (χ0v) is 15.6. The van der Waals surface area contributed by atoms with Crippen molar-refractivity contribution in [2.75, 3.05) is 26.3 Å². The van der Waals surface area contributed by atoms with Crippen LogP contribution >= 0.6 is 0 Å². The number of carbonyl (C=O) groups is 1. The second-order valence-corrected chi connectivity index (χ2v) is 7.98. The minimum Gasteiger partial charge on any atom is -0.457 e. The highest BCUT2D eigenvalue weighted by Crippen LogP contribution is 2.19. The van der Waals surface area contributed by atoms with E-state index in [0.717, 1.165) is 0 Å². The molecule has 1 saturated heterocycles. The Balaban J connectivity index is 1.65. The Bertz CT molecular complexity index is 968. The molecule has 0 unspecified atom stereocenters. The van der Waals surface area contributed by atoms with Crippen molar-refractivity contribution < 1.29 is 27.6 Å². The Hall–Kier alpha value is -2.82. The third-order valence-corrected chi connectivity index (χ3v) is 6.10. The number of nitro benzene ring substituents is 1. The fourth-order valence-electron chi connectivity index (χ4n) is 2.69. The highest BCUT2D eigenvalue weighted by molar-refractivity contribution is 7.89. The van der Waals surface area contributed by atoms with E-state index in [2.05, 4.69) is 0 Å². The molecule has 0 amide bonds. The van der Waals surface area contributed by atoms with Gasteiger partial charge >= 0.3 is 5.97 Å². The van der Waals surface area contributed by atoms with E-state index < -0.39 is 20.9 Å². The maximum Gasteiger partial charge on any atom is 0.338 e. The molecule has 2 aromatic carbocycles. The summed E-state index contributed by atoms with van der Waals surface area (Å²) in [6.07, 6.45) is 0. The second-order valence-electron chi connectivity index (χ2n) is 6.04. The fourth-order valence-corrected chi connectivity index (χ4v) is 4.10. The number of sulfonamides is 1. The molecular formula is C18H18N2O7S. The van der Waals surface area contributed by atoms with Crippen molar-refractivity contribution in [3.8, 4) is 0 Å². The van der Waals surface area contributed by atoms with Crippen molar-refractivity contribution in [1.82, 2.24) is 4.31 Å². The third kappa shape index (κ3) is 4.53. The van der Waals surface area contributed by atoms with Crippen LogP contribution in [0.4, 0.5) is 5.69 Å². The Labute approximate surface area is 161 Å². The fraction of sp³-hybridized carbons (Fsp3) is 0.278. The zero-order valence-electron chi connectivity index (χ0n) is 14.8. The second kappa shape index (κ2) is 8.46. The molecule has 0 bridgehead atoms. The summed E-state index contributed by atoms with van der Waals surface area (Å²) < 4.78 is 36.8. The molecule has 0 radical (unpaired) electrons.